The minimum Gasteiger partial charge on any atom is -0.309 e. The Morgan fingerprint density at radius 1 is 1.08 bits per heavy atom. The summed E-state index contributed by atoms with van der Waals surface area (Å²) in [6.07, 6.45) is 0. The lowest BCUT2D eigenvalue weighted by Crippen LogP contribution is -2.27. The van der Waals surface area contributed by atoms with Gasteiger partial charge in [-0.1, -0.05) is 44.2 Å². The topological polar surface area (TPSA) is 50.2 Å². The van der Waals surface area contributed by atoms with Gasteiger partial charge in [-0.05, 0) is 43.8 Å². The van der Waals surface area contributed by atoms with Crippen molar-refractivity contribution in [1.82, 2.24) is 14.5 Å². The molecule has 1 aromatic heterocycles. The summed E-state index contributed by atoms with van der Waals surface area (Å²) in [6, 6.07) is 15.6. The van der Waals surface area contributed by atoms with E-state index in [1.54, 1.807) is 0 Å². The third-order valence-corrected chi connectivity index (χ3v) is 4.80. The van der Waals surface area contributed by atoms with Crippen LogP contribution < -0.4 is 5.32 Å². The van der Waals surface area contributed by atoms with E-state index < -0.39 is 0 Å². The summed E-state index contributed by atoms with van der Waals surface area (Å²) >= 11 is 0. The van der Waals surface area contributed by atoms with Gasteiger partial charge in [-0.3, -0.25) is 10.1 Å². The zero-order valence-corrected chi connectivity index (χ0v) is 15.7. The Morgan fingerprint density at radius 3 is 2.50 bits per heavy atom. The fourth-order valence-corrected chi connectivity index (χ4v) is 3.18. The summed E-state index contributed by atoms with van der Waals surface area (Å²) in [7, 11) is 0. The van der Waals surface area contributed by atoms with E-state index >= 15 is 0 Å². The summed E-state index contributed by atoms with van der Waals surface area (Å²) in [4.78, 5) is 19.8. The van der Waals surface area contributed by atoms with Crippen molar-refractivity contribution in [3.63, 3.8) is 0 Å². The maximum atomic E-state index is 12.7. The number of nitrogens with zero attached hydrogens (tertiary/aromatic N) is 3. The van der Waals surface area contributed by atoms with Crippen molar-refractivity contribution in [1.29, 1.82) is 0 Å². The van der Waals surface area contributed by atoms with Crippen molar-refractivity contribution < 1.29 is 4.79 Å². The molecule has 0 radical (unpaired) electrons. The first-order chi connectivity index (χ1) is 12.6. The predicted molar refractivity (Wildman–Crippen MR) is 107 cm³/mol. The Morgan fingerprint density at radius 2 is 1.77 bits per heavy atom. The Kier molecular flexibility index (Phi) is 5.68. The summed E-state index contributed by atoms with van der Waals surface area (Å²) in [5.74, 6) is 0.481. The zero-order chi connectivity index (χ0) is 18.5. The molecule has 136 valence electrons. The van der Waals surface area contributed by atoms with Crippen molar-refractivity contribution >= 4 is 22.9 Å². The van der Waals surface area contributed by atoms with Gasteiger partial charge in [0.15, 0.2) is 0 Å². The Labute approximate surface area is 154 Å². The van der Waals surface area contributed by atoms with E-state index in [-0.39, 0.29) is 5.91 Å². The molecule has 3 rings (SSSR count). The highest BCUT2D eigenvalue weighted by Crippen LogP contribution is 2.20. The SMILES string of the molecule is CCN(CC)CCn1c(NC(=O)c2ccccc2C)nc2ccccc21. The molecule has 3 aromatic rings. The van der Waals surface area contributed by atoms with Crippen LogP contribution in [0.2, 0.25) is 0 Å². The lowest BCUT2D eigenvalue weighted by Gasteiger charge is -2.19. The number of hydrogen-bond donors (Lipinski definition) is 1. The second-order valence-corrected chi connectivity index (χ2v) is 6.37. The second-order valence-electron chi connectivity index (χ2n) is 6.37. The Balaban J connectivity index is 1.90. The fraction of sp³-hybridized carbons (Fsp3) is 0.333. The molecule has 0 aliphatic carbocycles. The van der Waals surface area contributed by atoms with Gasteiger partial charge in [0, 0.05) is 18.7 Å². The molecule has 1 heterocycles. The molecule has 0 bridgehead atoms. The minimum atomic E-state index is -0.123. The summed E-state index contributed by atoms with van der Waals surface area (Å²) in [5, 5.41) is 3.01. The summed E-state index contributed by atoms with van der Waals surface area (Å²) in [6.45, 7) is 9.99. The second kappa shape index (κ2) is 8.15. The van der Waals surface area contributed by atoms with Crippen LogP contribution in [0.25, 0.3) is 11.0 Å². The van der Waals surface area contributed by atoms with Gasteiger partial charge in [-0.25, -0.2) is 4.98 Å². The number of aryl methyl sites for hydroxylation is 1. The molecule has 0 unspecified atom stereocenters. The van der Waals surface area contributed by atoms with Gasteiger partial charge in [-0.15, -0.1) is 0 Å². The molecule has 0 aliphatic heterocycles. The number of para-hydroxylation sites is 2. The molecular formula is C21H26N4O. The smallest absolute Gasteiger partial charge is 0.258 e. The van der Waals surface area contributed by atoms with Crippen molar-refractivity contribution in [2.75, 3.05) is 25.0 Å². The lowest BCUT2D eigenvalue weighted by molar-refractivity contribution is 0.102. The van der Waals surface area contributed by atoms with Gasteiger partial charge >= 0.3 is 0 Å². The number of nitrogens with one attached hydrogen (secondary N) is 1. The van der Waals surface area contributed by atoms with Gasteiger partial charge in [0.2, 0.25) is 5.95 Å². The van der Waals surface area contributed by atoms with E-state index in [0.717, 1.165) is 42.8 Å². The van der Waals surface area contributed by atoms with Gasteiger partial charge in [0.1, 0.15) is 0 Å². The van der Waals surface area contributed by atoms with Crippen LogP contribution in [0.5, 0.6) is 0 Å². The molecular weight excluding hydrogens is 324 g/mol. The molecule has 5 nitrogen and oxygen atoms in total. The number of imidazole rings is 1. The number of amides is 1. The first kappa shape index (κ1) is 18.1. The third-order valence-electron chi connectivity index (χ3n) is 4.80. The number of hydrogen-bond acceptors (Lipinski definition) is 3. The van der Waals surface area contributed by atoms with Crippen molar-refractivity contribution in [2.24, 2.45) is 0 Å². The van der Waals surface area contributed by atoms with Crippen LogP contribution in [0.15, 0.2) is 48.5 Å². The number of benzene rings is 2. The van der Waals surface area contributed by atoms with Crippen LogP contribution in [0, 0.1) is 6.92 Å². The van der Waals surface area contributed by atoms with Crippen LogP contribution in [0.4, 0.5) is 5.95 Å². The van der Waals surface area contributed by atoms with E-state index in [9.17, 15) is 4.79 Å². The van der Waals surface area contributed by atoms with Crippen molar-refractivity contribution in [3.8, 4) is 0 Å². The zero-order valence-electron chi connectivity index (χ0n) is 15.7. The predicted octanol–water partition coefficient (Wildman–Crippen LogP) is 3.94. The lowest BCUT2D eigenvalue weighted by atomic mass is 10.1. The first-order valence-electron chi connectivity index (χ1n) is 9.18. The van der Waals surface area contributed by atoms with Crippen LogP contribution >= 0.6 is 0 Å². The molecule has 0 saturated heterocycles. The highest BCUT2D eigenvalue weighted by molar-refractivity contribution is 6.05. The molecule has 5 heteroatoms. The molecule has 0 atom stereocenters. The monoisotopic (exact) mass is 350 g/mol. The molecule has 1 N–H and O–H groups in total. The van der Waals surface area contributed by atoms with E-state index in [1.165, 1.54) is 0 Å². The average Bonchev–Trinajstić information content (AvgIpc) is 3.00. The van der Waals surface area contributed by atoms with Gasteiger partial charge in [0.05, 0.1) is 11.0 Å². The van der Waals surface area contributed by atoms with Gasteiger partial charge in [0.25, 0.3) is 5.91 Å². The van der Waals surface area contributed by atoms with Crippen molar-refractivity contribution in [2.45, 2.75) is 27.3 Å². The van der Waals surface area contributed by atoms with E-state index in [2.05, 4.69) is 33.6 Å². The average molecular weight is 350 g/mol. The quantitative estimate of drug-likeness (QED) is 0.702. The maximum absolute atomic E-state index is 12.7. The Hall–Kier alpha value is -2.66. The van der Waals surface area contributed by atoms with Gasteiger partial charge in [-0.2, -0.15) is 0 Å². The molecule has 2 aromatic carbocycles. The highest BCUT2D eigenvalue weighted by Gasteiger charge is 2.15. The molecule has 0 fully saturated rings. The number of rotatable bonds is 7. The first-order valence-corrected chi connectivity index (χ1v) is 9.18. The molecule has 0 aliphatic rings. The summed E-state index contributed by atoms with van der Waals surface area (Å²) < 4.78 is 2.10. The van der Waals surface area contributed by atoms with Crippen LogP contribution in [0.3, 0.4) is 0 Å². The van der Waals surface area contributed by atoms with E-state index in [1.807, 2.05) is 55.5 Å². The largest absolute Gasteiger partial charge is 0.309 e. The number of fused-ring (bicyclic) bond motifs is 1. The minimum absolute atomic E-state index is 0.123. The fourth-order valence-electron chi connectivity index (χ4n) is 3.18. The van der Waals surface area contributed by atoms with E-state index in [0.29, 0.717) is 11.5 Å². The Bertz CT molecular complexity index is 896. The number of likely N-dealkylation sites (N-methyl/N-ethyl adjacent to an activating group) is 1. The van der Waals surface area contributed by atoms with Crippen LogP contribution in [-0.4, -0.2) is 40.0 Å². The number of aromatic nitrogens is 2. The molecule has 0 spiro atoms. The molecule has 1 amide bonds. The highest BCUT2D eigenvalue weighted by atomic mass is 16.1. The molecule has 26 heavy (non-hydrogen) atoms. The van der Waals surface area contributed by atoms with Gasteiger partial charge < -0.3 is 9.47 Å². The van der Waals surface area contributed by atoms with Crippen molar-refractivity contribution in [3.05, 3.63) is 59.7 Å². The standard InChI is InChI=1S/C21H26N4O/c1-4-24(5-2)14-15-25-19-13-9-8-12-18(19)22-21(25)23-20(26)17-11-7-6-10-16(17)3/h6-13H,4-5,14-15H2,1-3H3,(H,22,23,26). The van der Waals surface area contributed by atoms with Crippen LogP contribution in [-0.2, 0) is 6.54 Å². The number of carbonyl (C=O) groups excluding carboxylic acids is 1. The normalized spacial score (nSPS) is 11.2. The number of anilines is 1. The maximum Gasteiger partial charge on any atom is 0.258 e. The molecule has 0 saturated carbocycles. The summed E-state index contributed by atoms with van der Waals surface area (Å²) in [5.41, 5.74) is 3.57. The third kappa shape index (κ3) is 3.78. The van der Waals surface area contributed by atoms with E-state index in [4.69, 9.17) is 0 Å². The van der Waals surface area contributed by atoms with Crippen LogP contribution in [0.1, 0.15) is 29.8 Å². The number of carbonyl (C=O) groups is 1.